The Morgan fingerprint density at radius 1 is 1.09 bits per heavy atom. The third-order valence-electron chi connectivity index (χ3n) is 2.91. The topological polar surface area (TPSA) is 61.8 Å². The predicted octanol–water partition coefficient (Wildman–Crippen LogP) is 4.87. The van der Waals surface area contributed by atoms with Crippen molar-refractivity contribution in [3.05, 3.63) is 58.3 Å². The Labute approximate surface area is 139 Å². The van der Waals surface area contributed by atoms with Crippen molar-refractivity contribution in [2.24, 2.45) is 0 Å². The molecule has 7 heteroatoms. The maximum Gasteiger partial charge on any atom is 0.475 e. The third kappa shape index (κ3) is 4.83. The van der Waals surface area contributed by atoms with Crippen molar-refractivity contribution >= 4 is 24.9 Å². The minimum Gasteiger partial charge on any atom is -0.291 e. The van der Waals surface area contributed by atoms with E-state index in [1.54, 1.807) is 50.2 Å². The van der Waals surface area contributed by atoms with Gasteiger partial charge in [0, 0.05) is 10.4 Å². The van der Waals surface area contributed by atoms with Gasteiger partial charge in [0.1, 0.15) is 0 Å². The molecule has 0 fully saturated rings. The molecular weight excluding hydrogens is 335 g/mol. The molecule has 1 heterocycles. The van der Waals surface area contributed by atoms with Gasteiger partial charge in [-0.25, -0.2) is 4.57 Å². The summed E-state index contributed by atoms with van der Waals surface area (Å²) in [5, 5.41) is 1.83. The molecule has 1 aromatic carbocycles. The van der Waals surface area contributed by atoms with E-state index < -0.39 is 13.9 Å². The molecule has 124 valence electrons. The van der Waals surface area contributed by atoms with Gasteiger partial charge < -0.3 is 0 Å². The Kier molecular flexibility index (Phi) is 6.69. The van der Waals surface area contributed by atoms with Gasteiger partial charge in [-0.2, -0.15) is 0 Å². The highest BCUT2D eigenvalue weighted by atomic mass is 32.1. The van der Waals surface area contributed by atoms with E-state index in [4.69, 9.17) is 13.6 Å². The van der Waals surface area contributed by atoms with Crippen LogP contribution in [0.3, 0.4) is 0 Å². The number of hydrogen-bond acceptors (Lipinski definition) is 6. The number of carbonyl (C=O) groups is 1. The molecule has 0 spiro atoms. The maximum absolute atomic E-state index is 12.8. The normalized spacial score (nSPS) is 13.0. The van der Waals surface area contributed by atoms with Crippen molar-refractivity contribution in [2.75, 3.05) is 13.2 Å². The van der Waals surface area contributed by atoms with Crippen LogP contribution in [0.4, 0.5) is 0 Å². The van der Waals surface area contributed by atoms with Crippen LogP contribution in [-0.2, 0) is 18.1 Å². The fraction of sp³-hybridized carbons (Fsp3) is 0.312. The number of hydrogen-bond donors (Lipinski definition) is 0. The molecule has 0 aliphatic carbocycles. The van der Waals surface area contributed by atoms with Crippen molar-refractivity contribution in [3.8, 4) is 0 Å². The smallest absolute Gasteiger partial charge is 0.291 e. The summed E-state index contributed by atoms with van der Waals surface area (Å²) in [4.78, 5) is 13.4. The van der Waals surface area contributed by atoms with Crippen molar-refractivity contribution in [2.45, 2.75) is 20.0 Å². The van der Waals surface area contributed by atoms with Crippen molar-refractivity contribution in [3.63, 3.8) is 0 Å². The average Bonchev–Trinajstić information content (AvgIpc) is 3.07. The molecule has 5 nitrogen and oxygen atoms in total. The summed E-state index contributed by atoms with van der Waals surface area (Å²) in [5.74, 6) is -0.285. The van der Waals surface area contributed by atoms with Crippen molar-refractivity contribution in [1.29, 1.82) is 0 Å². The summed E-state index contributed by atoms with van der Waals surface area (Å²) in [6.45, 7) is 3.70. The zero-order valence-corrected chi connectivity index (χ0v) is 14.7. The summed E-state index contributed by atoms with van der Waals surface area (Å²) in [5.41, 5.74) is 0.477. The second-order valence-electron chi connectivity index (χ2n) is 4.51. The van der Waals surface area contributed by atoms with E-state index in [-0.39, 0.29) is 19.0 Å². The minimum atomic E-state index is -3.81. The molecule has 2 aromatic rings. The molecule has 0 saturated carbocycles. The first kappa shape index (κ1) is 18.0. The Balaban J connectivity index is 2.32. The summed E-state index contributed by atoms with van der Waals surface area (Å²) in [6, 6.07) is 12.3. The fourth-order valence-corrected chi connectivity index (χ4v) is 4.08. The summed E-state index contributed by atoms with van der Waals surface area (Å²) in [7, 11) is -3.81. The molecule has 0 saturated heterocycles. The first-order chi connectivity index (χ1) is 11.1. The summed E-state index contributed by atoms with van der Waals surface area (Å²) >= 11 is 1.35. The molecule has 1 unspecified atom stereocenters. The standard InChI is InChI=1S/C16H19O5PS/c1-3-19-22(18,20-4-2)21-16(14-11-8-12-23-14)15(17)13-9-6-5-7-10-13/h5-12,16H,3-4H2,1-2H3. The first-order valence-electron chi connectivity index (χ1n) is 7.29. The van der Waals surface area contributed by atoms with Crippen LogP contribution >= 0.6 is 19.2 Å². The van der Waals surface area contributed by atoms with E-state index >= 15 is 0 Å². The Morgan fingerprint density at radius 3 is 2.26 bits per heavy atom. The Morgan fingerprint density at radius 2 is 1.74 bits per heavy atom. The lowest BCUT2D eigenvalue weighted by atomic mass is 10.1. The molecule has 1 atom stereocenters. The first-order valence-corrected chi connectivity index (χ1v) is 9.64. The van der Waals surface area contributed by atoms with Crippen molar-refractivity contribution in [1.82, 2.24) is 0 Å². The van der Waals surface area contributed by atoms with Crippen LogP contribution in [0.15, 0.2) is 47.8 Å². The zero-order valence-electron chi connectivity index (χ0n) is 13.0. The van der Waals surface area contributed by atoms with E-state index in [2.05, 4.69) is 0 Å². The van der Waals surface area contributed by atoms with Gasteiger partial charge in [-0.3, -0.25) is 18.4 Å². The van der Waals surface area contributed by atoms with E-state index in [9.17, 15) is 9.36 Å². The average molecular weight is 354 g/mol. The van der Waals surface area contributed by atoms with Crippen LogP contribution in [0.1, 0.15) is 35.2 Å². The lowest BCUT2D eigenvalue weighted by Gasteiger charge is -2.22. The number of rotatable bonds is 9. The Hall–Kier alpha value is -1.30. The van der Waals surface area contributed by atoms with Gasteiger partial charge in [0.25, 0.3) is 0 Å². The third-order valence-corrected chi connectivity index (χ3v) is 5.44. The number of phosphoric acid groups is 1. The molecular formula is C16H19O5PS. The van der Waals surface area contributed by atoms with Crippen LogP contribution in [0.5, 0.6) is 0 Å². The fourth-order valence-electron chi connectivity index (χ4n) is 1.97. The number of benzene rings is 1. The molecule has 0 aliphatic heterocycles. The van der Waals surface area contributed by atoms with E-state index in [0.717, 1.165) is 0 Å². The second-order valence-corrected chi connectivity index (χ2v) is 7.11. The van der Waals surface area contributed by atoms with Crippen LogP contribution in [0.25, 0.3) is 0 Å². The van der Waals surface area contributed by atoms with E-state index in [1.807, 2.05) is 11.4 Å². The molecule has 0 bridgehead atoms. The van der Waals surface area contributed by atoms with Gasteiger partial charge in [-0.05, 0) is 25.3 Å². The minimum absolute atomic E-state index is 0.161. The quantitative estimate of drug-likeness (QED) is 0.475. The number of thiophene rings is 1. The number of phosphoric ester groups is 1. The lowest BCUT2D eigenvalue weighted by molar-refractivity contribution is 0.0602. The molecule has 0 radical (unpaired) electrons. The van der Waals surface area contributed by atoms with Crippen LogP contribution in [0, 0.1) is 0 Å². The monoisotopic (exact) mass is 354 g/mol. The number of carbonyl (C=O) groups excluding carboxylic acids is 1. The maximum atomic E-state index is 12.8. The molecule has 2 rings (SSSR count). The lowest BCUT2D eigenvalue weighted by Crippen LogP contribution is -2.16. The van der Waals surface area contributed by atoms with Gasteiger partial charge in [0.2, 0.25) is 0 Å². The van der Waals surface area contributed by atoms with Crippen molar-refractivity contribution < 1.29 is 22.9 Å². The number of Topliss-reactive ketones (excluding diaryl/α,β-unsaturated/α-hetero) is 1. The SMILES string of the molecule is CCOP(=O)(OCC)OC(C(=O)c1ccccc1)c1cccs1. The van der Waals surface area contributed by atoms with E-state index in [0.29, 0.717) is 10.4 Å². The molecule has 23 heavy (non-hydrogen) atoms. The molecule has 0 N–H and O–H groups in total. The molecule has 0 amide bonds. The summed E-state index contributed by atoms with van der Waals surface area (Å²) < 4.78 is 28.5. The van der Waals surface area contributed by atoms with Gasteiger partial charge >= 0.3 is 7.82 Å². The molecule has 0 aliphatic rings. The number of ketones is 1. The van der Waals surface area contributed by atoms with Gasteiger partial charge in [0.05, 0.1) is 13.2 Å². The largest absolute Gasteiger partial charge is 0.475 e. The van der Waals surface area contributed by atoms with Gasteiger partial charge in [-0.15, -0.1) is 11.3 Å². The second kappa shape index (κ2) is 8.52. The highest BCUT2D eigenvalue weighted by Gasteiger charge is 2.35. The van der Waals surface area contributed by atoms with Gasteiger partial charge in [0.15, 0.2) is 11.9 Å². The highest BCUT2D eigenvalue weighted by molar-refractivity contribution is 7.48. The summed E-state index contributed by atoms with van der Waals surface area (Å²) in [6.07, 6.45) is -1.03. The Bertz CT molecular complexity index is 646. The van der Waals surface area contributed by atoms with Crippen LogP contribution in [0.2, 0.25) is 0 Å². The van der Waals surface area contributed by atoms with Crippen LogP contribution < -0.4 is 0 Å². The van der Waals surface area contributed by atoms with Crippen LogP contribution in [-0.4, -0.2) is 19.0 Å². The highest BCUT2D eigenvalue weighted by Crippen LogP contribution is 2.53. The predicted molar refractivity (Wildman–Crippen MR) is 89.8 cm³/mol. The zero-order chi connectivity index (χ0) is 16.7. The van der Waals surface area contributed by atoms with E-state index in [1.165, 1.54) is 11.3 Å². The van der Waals surface area contributed by atoms with Gasteiger partial charge in [-0.1, -0.05) is 36.4 Å². The molecule has 1 aromatic heterocycles.